The van der Waals surface area contributed by atoms with E-state index >= 15 is 0 Å². The minimum atomic E-state index is -3.51. The van der Waals surface area contributed by atoms with E-state index in [-0.39, 0.29) is 17.3 Å². The highest BCUT2D eigenvalue weighted by Crippen LogP contribution is 2.10. The number of amides is 1. The van der Waals surface area contributed by atoms with Crippen LogP contribution in [0.1, 0.15) is 23.1 Å². The number of sulfonamides is 1. The topological polar surface area (TPSA) is 117 Å². The first kappa shape index (κ1) is 15.1. The Morgan fingerprint density at radius 1 is 1.29 bits per heavy atom. The molecule has 0 aliphatic heterocycles. The van der Waals surface area contributed by atoms with Crippen molar-refractivity contribution in [2.24, 2.45) is 0 Å². The zero-order chi connectivity index (χ0) is 15.3. The number of nitrogens with one attached hydrogen (secondary N) is 3. The molecule has 112 valence electrons. The van der Waals surface area contributed by atoms with E-state index < -0.39 is 10.0 Å². The van der Waals surface area contributed by atoms with E-state index in [1.807, 2.05) is 0 Å². The molecule has 1 amide bonds. The Morgan fingerprint density at radius 2 is 2.00 bits per heavy atom. The Bertz CT molecular complexity index is 695. The van der Waals surface area contributed by atoms with Crippen LogP contribution in [0.2, 0.25) is 0 Å². The molecular formula is C12H15N5O3S. The van der Waals surface area contributed by atoms with E-state index in [0.29, 0.717) is 17.9 Å². The highest BCUT2D eigenvalue weighted by molar-refractivity contribution is 7.89. The Balaban J connectivity index is 2.03. The van der Waals surface area contributed by atoms with E-state index in [9.17, 15) is 13.2 Å². The van der Waals surface area contributed by atoms with E-state index in [0.717, 1.165) is 0 Å². The molecule has 8 nitrogen and oxygen atoms in total. The zero-order valence-electron chi connectivity index (χ0n) is 11.3. The van der Waals surface area contributed by atoms with Gasteiger partial charge in [-0.25, -0.2) is 18.1 Å². The first-order valence-electron chi connectivity index (χ1n) is 6.25. The van der Waals surface area contributed by atoms with Gasteiger partial charge in [0.25, 0.3) is 5.91 Å². The number of aromatic amines is 1. The molecular weight excluding hydrogens is 294 g/mol. The van der Waals surface area contributed by atoms with Crippen LogP contribution in [0.4, 0.5) is 0 Å². The van der Waals surface area contributed by atoms with Crippen molar-refractivity contribution in [3.8, 4) is 0 Å². The molecule has 0 spiro atoms. The van der Waals surface area contributed by atoms with Crippen molar-refractivity contribution in [3.05, 3.63) is 42.0 Å². The van der Waals surface area contributed by atoms with Gasteiger partial charge in [0.2, 0.25) is 10.0 Å². The maximum Gasteiger partial charge on any atom is 0.251 e. The lowest BCUT2D eigenvalue weighted by atomic mass is 10.2. The standard InChI is InChI=1S/C12H15N5O3S/c1-2-16-21(19,20)10-5-3-9(4-6-10)12(18)13-7-11-14-8-15-17-11/h3-6,8,16H,2,7H2,1H3,(H,13,18)(H,14,15,17). The summed E-state index contributed by atoms with van der Waals surface area (Å²) in [7, 11) is -3.51. The van der Waals surface area contributed by atoms with Crippen molar-refractivity contribution in [1.82, 2.24) is 25.2 Å². The average Bonchev–Trinajstić information content (AvgIpc) is 2.98. The number of carbonyl (C=O) groups excluding carboxylic acids is 1. The predicted molar refractivity (Wildman–Crippen MR) is 74.9 cm³/mol. The predicted octanol–water partition coefficient (Wildman–Crippen LogP) is 0.0329. The molecule has 0 aliphatic rings. The highest BCUT2D eigenvalue weighted by atomic mass is 32.2. The number of hydrogen-bond acceptors (Lipinski definition) is 5. The second-order valence-corrected chi connectivity index (χ2v) is 5.91. The Hall–Kier alpha value is -2.26. The fraction of sp³-hybridized carbons (Fsp3) is 0.250. The summed E-state index contributed by atoms with van der Waals surface area (Å²) in [5.41, 5.74) is 0.366. The monoisotopic (exact) mass is 309 g/mol. The molecule has 1 aromatic heterocycles. The molecule has 1 aromatic carbocycles. The number of aromatic nitrogens is 3. The first-order chi connectivity index (χ1) is 10.0. The molecule has 0 saturated carbocycles. The van der Waals surface area contributed by atoms with Crippen LogP contribution >= 0.6 is 0 Å². The average molecular weight is 309 g/mol. The van der Waals surface area contributed by atoms with Crippen LogP contribution < -0.4 is 10.0 Å². The van der Waals surface area contributed by atoms with Gasteiger partial charge in [0.1, 0.15) is 12.2 Å². The summed E-state index contributed by atoms with van der Waals surface area (Å²) in [5.74, 6) is 0.216. The van der Waals surface area contributed by atoms with Crippen molar-refractivity contribution in [1.29, 1.82) is 0 Å². The quantitative estimate of drug-likeness (QED) is 0.696. The maximum atomic E-state index is 11.9. The summed E-state index contributed by atoms with van der Waals surface area (Å²) in [6, 6.07) is 5.70. The number of carbonyl (C=O) groups is 1. The fourth-order valence-electron chi connectivity index (χ4n) is 1.64. The van der Waals surface area contributed by atoms with Crippen LogP contribution in [0.15, 0.2) is 35.5 Å². The van der Waals surface area contributed by atoms with Crippen molar-refractivity contribution in [3.63, 3.8) is 0 Å². The Morgan fingerprint density at radius 3 is 2.57 bits per heavy atom. The van der Waals surface area contributed by atoms with Gasteiger partial charge in [0.05, 0.1) is 11.4 Å². The minimum Gasteiger partial charge on any atom is -0.345 e. The fourth-order valence-corrected chi connectivity index (χ4v) is 2.68. The van der Waals surface area contributed by atoms with Crippen LogP contribution in [-0.4, -0.2) is 36.1 Å². The Labute approximate surface area is 122 Å². The van der Waals surface area contributed by atoms with Crippen LogP contribution in [0.5, 0.6) is 0 Å². The summed E-state index contributed by atoms with van der Waals surface area (Å²) in [6.45, 7) is 2.22. The molecule has 0 fully saturated rings. The van der Waals surface area contributed by atoms with Crippen LogP contribution in [0.3, 0.4) is 0 Å². The van der Waals surface area contributed by atoms with Gasteiger partial charge in [-0.05, 0) is 24.3 Å². The van der Waals surface area contributed by atoms with Gasteiger partial charge < -0.3 is 5.32 Å². The van der Waals surface area contributed by atoms with Gasteiger partial charge in [-0.3, -0.25) is 9.89 Å². The van der Waals surface area contributed by atoms with Crippen LogP contribution in [0, 0.1) is 0 Å². The van der Waals surface area contributed by atoms with Crippen molar-refractivity contribution in [2.75, 3.05) is 6.54 Å². The number of nitrogens with zero attached hydrogens (tertiary/aromatic N) is 2. The van der Waals surface area contributed by atoms with E-state index in [4.69, 9.17) is 0 Å². The normalized spacial score (nSPS) is 11.3. The molecule has 0 aliphatic carbocycles. The van der Waals surface area contributed by atoms with Gasteiger partial charge in [0, 0.05) is 12.1 Å². The Kier molecular flexibility index (Phi) is 4.66. The molecule has 1 heterocycles. The van der Waals surface area contributed by atoms with Gasteiger partial charge in [-0.1, -0.05) is 6.92 Å². The number of benzene rings is 1. The third-order valence-corrected chi connectivity index (χ3v) is 4.20. The van der Waals surface area contributed by atoms with Gasteiger partial charge >= 0.3 is 0 Å². The molecule has 2 aromatic rings. The largest absolute Gasteiger partial charge is 0.345 e. The number of hydrogen-bond donors (Lipinski definition) is 3. The zero-order valence-corrected chi connectivity index (χ0v) is 12.1. The minimum absolute atomic E-state index is 0.121. The smallest absolute Gasteiger partial charge is 0.251 e. The summed E-state index contributed by atoms with van der Waals surface area (Å²) in [5, 5.41) is 8.94. The molecule has 0 unspecified atom stereocenters. The molecule has 0 saturated heterocycles. The second-order valence-electron chi connectivity index (χ2n) is 4.14. The number of H-pyrrole nitrogens is 1. The third kappa shape index (κ3) is 3.86. The van der Waals surface area contributed by atoms with E-state index in [1.165, 1.54) is 30.6 Å². The third-order valence-electron chi connectivity index (χ3n) is 2.64. The summed E-state index contributed by atoms with van der Waals surface area (Å²) >= 11 is 0. The van der Waals surface area contributed by atoms with Crippen LogP contribution in [0.25, 0.3) is 0 Å². The summed E-state index contributed by atoms with van der Waals surface area (Å²) in [4.78, 5) is 15.9. The second kappa shape index (κ2) is 6.46. The SMILES string of the molecule is CCNS(=O)(=O)c1ccc(C(=O)NCc2ncn[nH]2)cc1. The van der Waals surface area contributed by atoms with E-state index in [2.05, 4.69) is 25.2 Å². The molecule has 3 N–H and O–H groups in total. The lowest BCUT2D eigenvalue weighted by molar-refractivity contribution is 0.0950. The van der Waals surface area contributed by atoms with Crippen molar-refractivity contribution < 1.29 is 13.2 Å². The maximum absolute atomic E-state index is 11.9. The summed E-state index contributed by atoms with van der Waals surface area (Å²) < 4.78 is 25.9. The lowest BCUT2D eigenvalue weighted by Crippen LogP contribution is -2.24. The molecule has 21 heavy (non-hydrogen) atoms. The molecule has 2 rings (SSSR count). The lowest BCUT2D eigenvalue weighted by Gasteiger charge is -2.06. The molecule has 0 atom stereocenters. The van der Waals surface area contributed by atoms with Gasteiger partial charge in [-0.15, -0.1) is 0 Å². The van der Waals surface area contributed by atoms with E-state index in [1.54, 1.807) is 6.92 Å². The molecule has 0 radical (unpaired) electrons. The van der Waals surface area contributed by atoms with Crippen LogP contribution in [-0.2, 0) is 16.6 Å². The summed E-state index contributed by atoms with van der Waals surface area (Å²) in [6.07, 6.45) is 1.35. The molecule has 0 bridgehead atoms. The van der Waals surface area contributed by atoms with Crippen molar-refractivity contribution in [2.45, 2.75) is 18.4 Å². The molecule has 9 heteroatoms. The number of rotatable bonds is 6. The highest BCUT2D eigenvalue weighted by Gasteiger charge is 2.13. The van der Waals surface area contributed by atoms with Crippen molar-refractivity contribution >= 4 is 15.9 Å². The van der Waals surface area contributed by atoms with Gasteiger partial charge in [0.15, 0.2) is 0 Å². The first-order valence-corrected chi connectivity index (χ1v) is 7.73. The van der Waals surface area contributed by atoms with Gasteiger partial charge in [-0.2, -0.15) is 5.10 Å².